The van der Waals surface area contributed by atoms with Gasteiger partial charge in [0.15, 0.2) is 5.82 Å². The summed E-state index contributed by atoms with van der Waals surface area (Å²) in [6.45, 7) is 0. The van der Waals surface area contributed by atoms with E-state index in [4.69, 9.17) is 28.6 Å². The number of hydrogen-bond donors (Lipinski definition) is 1. The molecule has 116 valence electrons. The smallest absolute Gasteiger partial charge is 0.216 e. The van der Waals surface area contributed by atoms with Crippen LogP contribution >= 0.6 is 23.8 Å². The SMILES string of the molecule is COc1ccc(-c2n[nH]c(=S)n2/N=C/c2ccccc2Cl)cc1. The van der Waals surface area contributed by atoms with Crippen LogP contribution < -0.4 is 4.74 Å². The fraction of sp³-hybridized carbons (Fsp3) is 0.0625. The molecule has 0 aliphatic rings. The zero-order valence-corrected chi connectivity index (χ0v) is 13.8. The number of aromatic nitrogens is 3. The molecule has 0 atom stereocenters. The first kappa shape index (κ1) is 15.5. The minimum absolute atomic E-state index is 0.402. The summed E-state index contributed by atoms with van der Waals surface area (Å²) in [5.74, 6) is 1.38. The van der Waals surface area contributed by atoms with Crippen LogP contribution in [0.15, 0.2) is 53.6 Å². The Morgan fingerprint density at radius 2 is 1.96 bits per heavy atom. The van der Waals surface area contributed by atoms with Gasteiger partial charge in [0, 0.05) is 16.1 Å². The lowest BCUT2D eigenvalue weighted by molar-refractivity contribution is 0.415. The molecule has 1 N–H and O–H groups in total. The van der Waals surface area contributed by atoms with Crippen molar-refractivity contribution in [2.45, 2.75) is 0 Å². The summed E-state index contributed by atoms with van der Waals surface area (Å²) in [7, 11) is 1.62. The van der Waals surface area contributed by atoms with E-state index in [1.165, 1.54) is 0 Å². The highest BCUT2D eigenvalue weighted by Gasteiger charge is 2.08. The van der Waals surface area contributed by atoms with Crippen molar-refractivity contribution in [3.63, 3.8) is 0 Å². The third-order valence-corrected chi connectivity index (χ3v) is 3.82. The van der Waals surface area contributed by atoms with Crippen LogP contribution in [0.1, 0.15) is 5.56 Å². The van der Waals surface area contributed by atoms with E-state index in [1.807, 2.05) is 48.5 Å². The summed E-state index contributed by atoms with van der Waals surface area (Å²) in [4.78, 5) is 0. The monoisotopic (exact) mass is 344 g/mol. The van der Waals surface area contributed by atoms with Gasteiger partial charge >= 0.3 is 0 Å². The van der Waals surface area contributed by atoms with E-state index in [9.17, 15) is 0 Å². The van der Waals surface area contributed by atoms with Crippen LogP contribution in [0.3, 0.4) is 0 Å². The van der Waals surface area contributed by atoms with E-state index in [0.717, 1.165) is 16.9 Å². The second-order valence-electron chi connectivity index (χ2n) is 4.66. The fourth-order valence-corrected chi connectivity index (χ4v) is 2.39. The maximum atomic E-state index is 6.13. The van der Waals surface area contributed by atoms with Gasteiger partial charge in [-0.25, -0.2) is 5.10 Å². The molecule has 7 heteroatoms. The van der Waals surface area contributed by atoms with Crippen LogP contribution in [0.5, 0.6) is 5.75 Å². The summed E-state index contributed by atoms with van der Waals surface area (Å²) in [6, 6.07) is 14.9. The van der Waals surface area contributed by atoms with E-state index in [-0.39, 0.29) is 0 Å². The molecule has 0 aliphatic carbocycles. The van der Waals surface area contributed by atoms with Crippen LogP contribution in [0.25, 0.3) is 11.4 Å². The van der Waals surface area contributed by atoms with Crippen molar-refractivity contribution >= 4 is 30.0 Å². The molecular weight excluding hydrogens is 332 g/mol. The van der Waals surface area contributed by atoms with Gasteiger partial charge in [-0.3, -0.25) is 0 Å². The molecule has 0 spiro atoms. The molecule has 3 rings (SSSR count). The molecular formula is C16H13ClN4OS. The van der Waals surface area contributed by atoms with Crippen molar-refractivity contribution < 1.29 is 4.74 Å². The normalized spacial score (nSPS) is 11.0. The number of aromatic amines is 1. The van der Waals surface area contributed by atoms with Gasteiger partial charge in [-0.15, -0.1) is 0 Å². The van der Waals surface area contributed by atoms with E-state index in [2.05, 4.69) is 15.3 Å². The van der Waals surface area contributed by atoms with Crippen LogP contribution in [0.2, 0.25) is 5.02 Å². The topological polar surface area (TPSA) is 55.2 Å². The minimum atomic E-state index is 0.402. The molecule has 0 saturated carbocycles. The Balaban J connectivity index is 1.99. The van der Waals surface area contributed by atoms with Crippen molar-refractivity contribution in [1.29, 1.82) is 0 Å². The van der Waals surface area contributed by atoms with Crippen LogP contribution in [0.4, 0.5) is 0 Å². The van der Waals surface area contributed by atoms with Gasteiger partial charge in [-0.2, -0.15) is 14.9 Å². The summed E-state index contributed by atoms with van der Waals surface area (Å²) in [5.41, 5.74) is 1.67. The highest BCUT2D eigenvalue weighted by molar-refractivity contribution is 7.71. The Morgan fingerprint density at radius 1 is 1.22 bits per heavy atom. The number of hydrogen-bond acceptors (Lipinski definition) is 4. The van der Waals surface area contributed by atoms with Crippen LogP contribution in [-0.4, -0.2) is 28.2 Å². The van der Waals surface area contributed by atoms with E-state index in [1.54, 1.807) is 18.0 Å². The minimum Gasteiger partial charge on any atom is -0.497 e. The van der Waals surface area contributed by atoms with Gasteiger partial charge in [0.05, 0.1) is 13.3 Å². The Labute approximate surface area is 143 Å². The Morgan fingerprint density at radius 3 is 2.65 bits per heavy atom. The van der Waals surface area contributed by atoms with Crippen molar-refractivity contribution in [2.24, 2.45) is 5.10 Å². The lowest BCUT2D eigenvalue weighted by Crippen LogP contribution is -1.95. The maximum absolute atomic E-state index is 6.13. The lowest BCUT2D eigenvalue weighted by atomic mass is 10.2. The zero-order chi connectivity index (χ0) is 16.2. The summed E-state index contributed by atoms with van der Waals surface area (Å²) in [6.07, 6.45) is 1.65. The third-order valence-electron chi connectivity index (χ3n) is 3.22. The number of nitrogens with one attached hydrogen (secondary N) is 1. The average molecular weight is 345 g/mol. The van der Waals surface area contributed by atoms with Crippen molar-refractivity contribution in [1.82, 2.24) is 14.9 Å². The number of H-pyrrole nitrogens is 1. The second-order valence-corrected chi connectivity index (χ2v) is 5.45. The molecule has 1 aromatic heterocycles. The van der Waals surface area contributed by atoms with Gasteiger partial charge in [-0.1, -0.05) is 29.8 Å². The van der Waals surface area contributed by atoms with Crippen LogP contribution in [-0.2, 0) is 0 Å². The standard InChI is InChI=1S/C16H13ClN4OS/c1-22-13-8-6-11(7-9-13)15-19-20-16(23)21(15)18-10-12-4-2-3-5-14(12)17/h2-10H,1H3,(H,20,23)/b18-10+. The first-order valence-electron chi connectivity index (χ1n) is 6.80. The number of nitrogens with zero attached hydrogens (tertiary/aromatic N) is 3. The quantitative estimate of drug-likeness (QED) is 0.571. The Kier molecular flexibility index (Phi) is 4.55. The lowest BCUT2D eigenvalue weighted by Gasteiger charge is -2.03. The molecule has 5 nitrogen and oxygen atoms in total. The number of halogens is 1. The van der Waals surface area contributed by atoms with Gasteiger partial charge in [0.2, 0.25) is 4.77 Å². The Hall–Kier alpha value is -2.44. The second kappa shape index (κ2) is 6.76. The van der Waals surface area contributed by atoms with Crippen molar-refractivity contribution in [3.05, 3.63) is 63.9 Å². The molecule has 23 heavy (non-hydrogen) atoms. The molecule has 0 radical (unpaired) electrons. The third kappa shape index (κ3) is 3.33. The van der Waals surface area contributed by atoms with Crippen LogP contribution in [0, 0.1) is 4.77 Å². The molecule has 0 aliphatic heterocycles. The maximum Gasteiger partial charge on any atom is 0.216 e. The number of methoxy groups -OCH3 is 1. The molecule has 0 saturated heterocycles. The van der Waals surface area contributed by atoms with Gasteiger partial charge < -0.3 is 4.74 Å². The fourth-order valence-electron chi connectivity index (χ4n) is 2.03. The predicted octanol–water partition coefficient (Wildman–Crippen LogP) is 4.15. The van der Waals surface area contributed by atoms with E-state index in [0.29, 0.717) is 15.6 Å². The average Bonchev–Trinajstić information content (AvgIpc) is 2.95. The molecule has 2 aromatic carbocycles. The highest BCUT2D eigenvalue weighted by Crippen LogP contribution is 2.21. The first-order chi connectivity index (χ1) is 11.2. The van der Waals surface area contributed by atoms with Gasteiger partial charge in [0.1, 0.15) is 5.75 Å². The van der Waals surface area contributed by atoms with E-state index < -0.39 is 0 Å². The molecule has 0 unspecified atom stereocenters. The van der Waals surface area contributed by atoms with Gasteiger partial charge in [0.25, 0.3) is 0 Å². The largest absolute Gasteiger partial charge is 0.497 e. The molecule has 1 heterocycles. The van der Waals surface area contributed by atoms with Gasteiger partial charge in [-0.05, 0) is 42.5 Å². The number of ether oxygens (including phenoxy) is 1. The van der Waals surface area contributed by atoms with E-state index >= 15 is 0 Å². The zero-order valence-electron chi connectivity index (χ0n) is 12.2. The summed E-state index contributed by atoms with van der Waals surface area (Å²) >= 11 is 11.4. The molecule has 0 amide bonds. The predicted molar refractivity (Wildman–Crippen MR) is 93.8 cm³/mol. The summed E-state index contributed by atoms with van der Waals surface area (Å²) < 4.78 is 7.12. The molecule has 3 aromatic rings. The molecule has 0 fully saturated rings. The number of rotatable bonds is 4. The Bertz CT molecular complexity index is 899. The number of benzene rings is 2. The highest BCUT2D eigenvalue weighted by atomic mass is 35.5. The first-order valence-corrected chi connectivity index (χ1v) is 7.58. The summed E-state index contributed by atoms with van der Waals surface area (Å²) in [5, 5.41) is 12.0. The van der Waals surface area contributed by atoms with Crippen molar-refractivity contribution in [2.75, 3.05) is 7.11 Å². The molecule has 0 bridgehead atoms. The van der Waals surface area contributed by atoms with Crippen molar-refractivity contribution in [3.8, 4) is 17.1 Å².